The third-order valence-electron chi connectivity index (χ3n) is 4.11. The second-order valence-corrected chi connectivity index (χ2v) is 8.44. The lowest BCUT2D eigenvalue weighted by molar-refractivity contribution is 0.102. The van der Waals surface area contributed by atoms with Crippen LogP contribution >= 0.6 is 39.3 Å². The monoisotopic (exact) mass is 518 g/mol. The lowest BCUT2D eigenvalue weighted by atomic mass is 10.2. The zero-order valence-electron chi connectivity index (χ0n) is 15.7. The van der Waals surface area contributed by atoms with E-state index in [-0.39, 0.29) is 10.7 Å². The molecule has 1 N–H and O–H groups in total. The number of aromatic nitrogens is 5. The minimum absolute atomic E-state index is 0.0895. The predicted octanol–water partition coefficient (Wildman–Crippen LogP) is 5.16. The molecule has 0 aliphatic heterocycles. The number of nitrogens with zero attached hydrogens (tertiary/aromatic N) is 5. The number of benzene rings is 2. The average molecular weight is 520 g/mol. The molecule has 0 saturated heterocycles. The Morgan fingerprint density at radius 2 is 1.90 bits per heavy atom. The van der Waals surface area contributed by atoms with E-state index >= 15 is 0 Å². The molecule has 11 heteroatoms. The largest absolute Gasteiger partial charge is 0.320 e. The molecule has 1 amide bonds. The lowest BCUT2D eigenvalue weighted by Gasteiger charge is -2.09. The number of nitrogens with one attached hydrogen (secondary N) is 1. The van der Waals surface area contributed by atoms with Gasteiger partial charge in [-0.05, 0) is 48.5 Å². The molecule has 0 aliphatic rings. The Hall–Kier alpha value is -2.82. The molecule has 2 aromatic carbocycles. The van der Waals surface area contributed by atoms with Crippen LogP contribution in [0.15, 0.2) is 70.6 Å². The van der Waals surface area contributed by atoms with Crippen molar-refractivity contribution in [2.45, 2.75) is 10.9 Å². The molecule has 0 bridgehead atoms. The van der Waals surface area contributed by atoms with Crippen molar-refractivity contribution in [3.63, 3.8) is 0 Å². The molecule has 0 fully saturated rings. The molecule has 0 saturated carbocycles. The Morgan fingerprint density at radius 3 is 2.61 bits per heavy atom. The van der Waals surface area contributed by atoms with Gasteiger partial charge in [0.05, 0.1) is 16.4 Å². The predicted molar refractivity (Wildman–Crippen MR) is 120 cm³/mol. The first-order valence-electron chi connectivity index (χ1n) is 8.88. The van der Waals surface area contributed by atoms with Gasteiger partial charge in [-0.3, -0.25) is 4.79 Å². The fraction of sp³-hybridized carbons (Fsp3) is 0.0500. The van der Waals surface area contributed by atoms with Gasteiger partial charge in [-0.25, -0.2) is 19.0 Å². The second kappa shape index (κ2) is 9.54. The maximum atomic E-state index is 13.4. The Balaban J connectivity index is 1.66. The SMILES string of the molecule is O=C(Nc1ccc(F)c(Cl)c1)c1nnn(-c2ccc(Br)cc2)c1CSc1ncccn1. The summed E-state index contributed by atoms with van der Waals surface area (Å²) in [6.45, 7) is 0. The Kier molecular flexibility index (Phi) is 6.59. The first-order valence-corrected chi connectivity index (χ1v) is 11.0. The summed E-state index contributed by atoms with van der Waals surface area (Å²) >= 11 is 10.6. The van der Waals surface area contributed by atoms with Crippen LogP contribution in [0.25, 0.3) is 5.69 Å². The minimum Gasteiger partial charge on any atom is -0.320 e. The lowest BCUT2D eigenvalue weighted by Crippen LogP contribution is -2.15. The molecule has 0 aliphatic carbocycles. The summed E-state index contributed by atoms with van der Waals surface area (Å²) in [6, 6.07) is 13.1. The maximum absolute atomic E-state index is 13.4. The van der Waals surface area contributed by atoms with Crippen molar-refractivity contribution in [3.8, 4) is 5.69 Å². The van der Waals surface area contributed by atoms with Gasteiger partial charge in [0.25, 0.3) is 5.91 Å². The quantitative estimate of drug-likeness (QED) is 0.280. The molecule has 2 heterocycles. The molecule has 0 spiro atoms. The second-order valence-electron chi connectivity index (χ2n) is 6.18. The molecule has 4 rings (SSSR count). The number of carbonyl (C=O) groups excluding carboxylic acids is 1. The van der Waals surface area contributed by atoms with Crippen LogP contribution in [0.1, 0.15) is 16.2 Å². The molecule has 156 valence electrons. The minimum atomic E-state index is -0.569. The number of hydrogen-bond donors (Lipinski definition) is 1. The highest BCUT2D eigenvalue weighted by Gasteiger charge is 2.22. The Labute approximate surface area is 194 Å². The van der Waals surface area contributed by atoms with Crippen molar-refractivity contribution in [3.05, 3.63) is 87.6 Å². The van der Waals surface area contributed by atoms with Crippen LogP contribution < -0.4 is 5.32 Å². The molecule has 0 atom stereocenters. The fourth-order valence-corrected chi connectivity index (χ4v) is 3.89. The molecule has 31 heavy (non-hydrogen) atoms. The summed E-state index contributed by atoms with van der Waals surface area (Å²) in [5, 5.41) is 11.4. The molecule has 7 nitrogen and oxygen atoms in total. The van der Waals surface area contributed by atoms with E-state index in [0.717, 1.165) is 10.2 Å². The standard InChI is InChI=1S/C20H13BrClFN6OS/c21-12-2-5-14(6-3-12)29-17(11-31-20-24-8-1-9-25-20)18(27-28-29)19(30)26-13-4-7-16(23)15(22)10-13/h1-10H,11H2,(H,26,30). The van der Waals surface area contributed by atoms with E-state index in [1.165, 1.54) is 30.0 Å². The highest BCUT2D eigenvalue weighted by atomic mass is 79.9. The van der Waals surface area contributed by atoms with Crippen LogP contribution in [-0.4, -0.2) is 30.9 Å². The maximum Gasteiger partial charge on any atom is 0.278 e. The van der Waals surface area contributed by atoms with Crippen LogP contribution in [0, 0.1) is 5.82 Å². The highest BCUT2D eigenvalue weighted by molar-refractivity contribution is 9.10. The van der Waals surface area contributed by atoms with Gasteiger partial charge in [0.1, 0.15) is 5.82 Å². The zero-order valence-corrected chi connectivity index (χ0v) is 18.8. The number of hydrogen-bond acceptors (Lipinski definition) is 6. The van der Waals surface area contributed by atoms with Crippen molar-refractivity contribution in [2.75, 3.05) is 5.32 Å². The topological polar surface area (TPSA) is 85.6 Å². The number of thioether (sulfide) groups is 1. The summed E-state index contributed by atoms with van der Waals surface area (Å²) in [7, 11) is 0. The smallest absolute Gasteiger partial charge is 0.278 e. The fourth-order valence-electron chi connectivity index (χ4n) is 2.65. The number of rotatable bonds is 6. The van der Waals surface area contributed by atoms with E-state index in [2.05, 4.69) is 41.5 Å². The molecule has 0 radical (unpaired) electrons. The van der Waals surface area contributed by atoms with Crippen LogP contribution in [0.4, 0.5) is 10.1 Å². The van der Waals surface area contributed by atoms with Crippen molar-refractivity contribution >= 4 is 50.9 Å². The number of carbonyl (C=O) groups is 1. The molecule has 4 aromatic rings. The Morgan fingerprint density at radius 1 is 1.16 bits per heavy atom. The number of anilines is 1. The van der Waals surface area contributed by atoms with Crippen molar-refractivity contribution < 1.29 is 9.18 Å². The van der Waals surface area contributed by atoms with Gasteiger partial charge in [0.15, 0.2) is 10.9 Å². The van der Waals surface area contributed by atoms with Crippen molar-refractivity contribution in [2.24, 2.45) is 0 Å². The van der Waals surface area contributed by atoms with E-state index < -0.39 is 11.7 Å². The van der Waals surface area contributed by atoms with Crippen molar-refractivity contribution in [1.29, 1.82) is 0 Å². The zero-order chi connectivity index (χ0) is 21.8. The van der Waals surface area contributed by atoms with Gasteiger partial charge in [0.2, 0.25) is 0 Å². The van der Waals surface area contributed by atoms with E-state index in [1.54, 1.807) is 23.1 Å². The summed E-state index contributed by atoms with van der Waals surface area (Å²) in [4.78, 5) is 21.3. The first-order chi connectivity index (χ1) is 15.0. The number of halogens is 3. The van der Waals surface area contributed by atoms with Gasteiger partial charge < -0.3 is 5.32 Å². The summed E-state index contributed by atoms with van der Waals surface area (Å²) in [5.41, 5.74) is 1.78. The third kappa shape index (κ3) is 5.09. The van der Waals surface area contributed by atoms with Crippen LogP contribution in [-0.2, 0) is 5.75 Å². The third-order valence-corrected chi connectivity index (χ3v) is 5.81. The van der Waals surface area contributed by atoms with Gasteiger partial charge in [0, 0.05) is 28.3 Å². The highest BCUT2D eigenvalue weighted by Crippen LogP contribution is 2.25. The van der Waals surface area contributed by atoms with Gasteiger partial charge in [-0.1, -0.05) is 44.5 Å². The van der Waals surface area contributed by atoms with Crippen molar-refractivity contribution in [1.82, 2.24) is 25.0 Å². The molecular formula is C20H13BrClFN6OS. The van der Waals surface area contributed by atoms with Crippen LogP contribution in [0.2, 0.25) is 5.02 Å². The molecule has 2 aromatic heterocycles. The Bertz CT molecular complexity index is 1220. The van der Waals surface area contributed by atoms with Gasteiger partial charge in [-0.2, -0.15) is 0 Å². The van der Waals surface area contributed by atoms with Gasteiger partial charge in [-0.15, -0.1) is 5.10 Å². The molecule has 0 unspecified atom stereocenters. The normalized spacial score (nSPS) is 10.8. The average Bonchev–Trinajstić information content (AvgIpc) is 3.20. The first kappa shape index (κ1) is 21.4. The van der Waals surface area contributed by atoms with E-state index in [9.17, 15) is 9.18 Å². The van der Waals surface area contributed by atoms with Crippen LogP contribution in [0.5, 0.6) is 0 Å². The molecular weight excluding hydrogens is 507 g/mol. The van der Waals surface area contributed by atoms with Crippen LogP contribution in [0.3, 0.4) is 0 Å². The summed E-state index contributed by atoms with van der Waals surface area (Å²) in [6.07, 6.45) is 3.29. The van der Waals surface area contributed by atoms with E-state index in [0.29, 0.717) is 22.3 Å². The van der Waals surface area contributed by atoms with Gasteiger partial charge >= 0.3 is 0 Å². The summed E-state index contributed by atoms with van der Waals surface area (Å²) < 4.78 is 15.9. The van der Waals surface area contributed by atoms with E-state index in [1.807, 2.05) is 24.3 Å². The van der Waals surface area contributed by atoms with E-state index in [4.69, 9.17) is 11.6 Å². The summed E-state index contributed by atoms with van der Waals surface area (Å²) in [5.74, 6) is -0.712. The number of amides is 1.